The van der Waals surface area contributed by atoms with Crippen molar-refractivity contribution >= 4 is 23.6 Å². The first-order valence-electron chi connectivity index (χ1n) is 10.3. The van der Waals surface area contributed by atoms with Crippen molar-refractivity contribution in [2.45, 2.75) is 69.2 Å². The van der Waals surface area contributed by atoms with Gasteiger partial charge in [-0.1, -0.05) is 12.1 Å². The van der Waals surface area contributed by atoms with Crippen LogP contribution in [0.25, 0.3) is 0 Å². The molecule has 0 aliphatic carbocycles. The predicted molar refractivity (Wildman–Crippen MR) is 103 cm³/mol. The first-order chi connectivity index (χ1) is 14.0. The van der Waals surface area contributed by atoms with E-state index in [0.29, 0.717) is 35.8 Å². The molecule has 0 spiro atoms. The smallest absolute Gasteiger partial charge is 0.262 e. The van der Waals surface area contributed by atoms with Gasteiger partial charge in [-0.2, -0.15) is 0 Å². The van der Waals surface area contributed by atoms with Crippen LogP contribution < -0.4 is 16.0 Å². The zero-order valence-electron chi connectivity index (χ0n) is 16.1. The first kappa shape index (κ1) is 18.4. The lowest BCUT2D eigenvalue weighted by Crippen LogP contribution is -2.54. The zero-order valence-corrected chi connectivity index (χ0v) is 16.1. The van der Waals surface area contributed by atoms with Gasteiger partial charge in [0.2, 0.25) is 11.8 Å². The number of amides is 4. The van der Waals surface area contributed by atoms with E-state index >= 15 is 0 Å². The first-order valence-corrected chi connectivity index (χ1v) is 10.3. The van der Waals surface area contributed by atoms with Crippen LogP contribution in [0.15, 0.2) is 18.2 Å². The Balaban J connectivity index is 1.35. The summed E-state index contributed by atoms with van der Waals surface area (Å²) < 4.78 is 0. The fraction of sp³-hybridized carbons (Fsp3) is 0.524. The van der Waals surface area contributed by atoms with E-state index in [0.717, 1.165) is 23.3 Å². The van der Waals surface area contributed by atoms with Gasteiger partial charge in [0, 0.05) is 31.1 Å². The molecule has 4 aliphatic rings. The minimum atomic E-state index is -0.930. The minimum Gasteiger partial charge on any atom is -0.311 e. The highest BCUT2D eigenvalue weighted by Gasteiger charge is 2.45. The van der Waals surface area contributed by atoms with Crippen LogP contribution in [-0.4, -0.2) is 52.7 Å². The predicted octanol–water partition coefficient (Wildman–Crippen LogP) is 0.460. The Bertz CT molecular complexity index is 902. The molecule has 0 aromatic heterocycles. The van der Waals surface area contributed by atoms with E-state index in [4.69, 9.17) is 0 Å². The van der Waals surface area contributed by atoms with Crippen LogP contribution in [0.4, 0.5) is 0 Å². The number of benzene rings is 1. The maximum Gasteiger partial charge on any atom is 0.262 e. The topological polar surface area (TPSA) is 108 Å². The highest BCUT2D eigenvalue weighted by atomic mass is 16.2. The van der Waals surface area contributed by atoms with Crippen molar-refractivity contribution in [3.63, 3.8) is 0 Å². The van der Waals surface area contributed by atoms with Crippen LogP contribution in [0, 0.1) is 0 Å². The van der Waals surface area contributed by atoms with Crippen molar-refractivity contribution in [3.05, 3.63) is 34.9 Å². The third-order valence-corrected chi connectivity index (χ3v) is 6.61. The van der Waals surface area contributed by atoms with Crippen molar-refractivity contribution in [2.24, 2.45) is 0 Å². The Morgan fingerprint density at radius 1 is 1.00 bits per heavy atom. The number of hydrogen-bond donors (Lipinski definition) is 3. The normalized spacial score (nSPS) is 31.2. The molecule has 4 aliphatic heterocycles. The second-order valence-electron chi connectivity index (χ2n) is 8.47. The van der Waals surface area contributed by atoms with Crippen LogP contribution >= 0.6 is 0 Å². The van der Waals surface area contributed by atoms with Crippen molar-refractivity contribution < 1.29 is 19.2 Å². The van der Waals surface area contributed by atoms with Gasteiger partial charge in [-0.25, -0.2) is 0 Å². The van der Waals surface area contributed by atoms with Crippen molar-refractivity contribution in [3.8, 4) is 0 Å². The summed E-state index contributed by atoms with van der Waals surface area (Å²) in [4.78, 5) is 50.7. The molecule has 4 atom stereocenters. The average Bonchev–Trinajstić information content (AvgIpc) is 3.17. The fourth-order valence-corrected chi connectivity index (χ4v) is 5.21. The molecule has 3 fully saturated rings. The summed E-state index contributed by atoms with van der Waals surface area (Å²) in [5.74, 6) is -1.85. The van der Waals surface area contributed by atoms with E-state index in [1.807, 2.05) is 6.07 Å². The van der Waals surface area contributed by atoms with Crippen LogP contribution in [0.3, 0.4) is 0 Å². The molecule has 3 N–H and O–H groups in total. The third kappa shape index (κ3) is 3.16. The van der Waals surface area contributed by atoms with E-state index < -0.39 is 23.8 Å². The molecule has 3 saturated heterocycles. The summed E-state index contributed by atoms with van der Waals surface area (Å²) in [6.45, 7) is 0.509. The molecule has 4 amide bonds. The van der Waals surface area contributed by atoms with Gasteiger partial charge in [0.15, 0.2) is 0 Å². The Morgan fingerprint density at radius 3 is 2.48 bits per heavy atom. The number of hydrogen-bond acceptors (Lipinski definition) is 6. The van der Waals surface area contributed by atoms with E-state index in [1.165, 1.54) is 12.8 Å². The molecule has 8 nitrogen and oxygen atoms in total. The van der Waals surface area contributed by atoms with E-state index in [-0.39, 0.29) is 18.7 Å². The Hall–Kier alpha value is -2.58. The van der Waals surface area contributed by atoms with Gasteiger partial charge in [0.25, 0.3) is 11.8 Å². The van der Waals surface area contributed by atoms with Gasteiger partial charge in [0.05, 0.1) is 11.1 Å². The van der Waals surface area contributed by atoms with Gasteiger partial charge < -0.3 is 10.6 Å². The van der Waals surface area contributed by atoms with Crippen LogP contribution in [-0.2, 0) is 16.1 Å². The summed E-state index contributed by atoms with van der Waals surface area (Å²) in [6, 6.07) is 5.87. The summed E-state index contributed by atoms with van der Waals surface area (Å²) >= 11 is 0. The molecular weight excluding hydrogens is 372 g/mol. The highest BCUT2D eigenvalue weighted by Crippen LogP contribution is 2.31. The molecule has 5 rings (SSSR count). The molecule has 2 bridgehead atoms. The molecule has 2 unspecified atom stereocenters. The summed E-state index contributed by atoms with van der Waals surface area (Å²) in [6.07, 6.45) is 4.87. The standard InChI is InChI=1S/C21H24N4O4/c26-17-7-6-16(19(27)24-17)25-20(28)15-3-1-2-11(18(15)21(25)29)10-22-14-8-12-4-5-13(9-14)23-12/h1-3,12-14,16,22-23H,4-10H2,(H,24,26,27)/t12-,13+,14?,16?. The monoisotopic (exact) mass is 396 g/mol. The largest absolute Gasteiger partial charge is 0.311 e. The van der Waals surface area contributed by atoms with Gasteiger partial charge >= 0.3 is 0 Å². The SMILES string of the molecule is O=C1CCC(N2C(=O)c3cccc(CNC4C[C@H]5CC[C@@H](C4)N5)c3C2=O)C(=O)N1. The molecule has 0 radical (unpaired) electrons. The number of fused-ring (bicyclic) bond motifs is 3. The van der Waals surface area contributed by atoms with Crippen LogP contribution in [0.1, 0.15) is 64.8 Å². The molecule has 0 saturated carbocycles. The van der Waals surface area contributed by atoms with E-state index in [1.54, 1.807) is 12.1 Å². The van der Waals surface area contributed by atoms with Crippen LogP contribution in [0.2, 0.25) is 0 Å². The molecule has 8 heteroatoms. The number of piperidine rings is 2. The lowest BCUT2D eigenvalue weighted by Gasteiger charge is -2.30. The van der Waals surface area contributed by atoms with Gasteiger partial charge in [-0.05, 0) is 43.7 Å². The molecule has 4 heterocycles. The maximum absolute atomic E-state index is 13.1. The number of nitrogens with zero attached hydrogens (tertiary/aromatic N) is 1. The number of carbonyl (C=O) groups is 4. The maximum atomic E-state index is 13.1. The molecule has 1 aromatic rings. The molecule has 152 valence electrons. The van der Waals surface area contributed by atoms with Gasteiger partial charge in [-0.15, -0.1) is 0 Å². The quantitative estimate of drug-likeness (QED) is 0.639. The molecular formula is C21H24N4O4. The highest BCUT2D eigenvalue weighted by molar-refractivity contribution is 6.24. The number of imide groups is 2. The van der Waals surface area contributed by atoms with E-state index in [9.17, 15) is 19.2 Å². The minimum absolute atomic E-state index is 0.121. The number of rotatable bonds is 4. The van der Waals surface area contributed by atoms with Crippen molar-refractivity contribution in [1.29, 1.82) is 0 Å². The molecule has 29 heavy (non-hydrogen) atoms. The Kier molecular flexibility index (Phi) is 4.48. The second-order valence-corrected chi connectivity index (χ2v) is 8.47. The zero-order chi connectivity index (χ0) is 20.1. The third-order valence-electron chi connectivity index (χ3n) is 6.61. The summed E-state index contributed by atoms with van der Waals surface area (Å²) in [7, 11) is 0. The molecule has 1 aromatic carbocycles. The van der Waals surface area contributed by atoms with Gasteiger partial charge in [-0.3, -0.25) is 29.4 Å². The van der Waals surface area contributed by atoms with Gasteiger partial charge in [0.1, 0.15) is 6.04 Å². The van der Waals surface area contributed by atoms with Crippen molar-refractivity contribution in [2.75, 3.05) is 0 Å². The summed E-state index contributed by atoms with van der Waals surface area (Å²) in [5, 5.41) is 9.41. The second kappa shape index (κ2) is 7.03. The summed E-state index contributed by atoms with van der Waals surface area (Å²) in [5.41, 5.74) is 1.50. The number of carbonyl (C=O) groups excluding carboxylic acids is 4. The fourth-order valence-electron chi connectivity index (χ4n) is 5.21. The lowest BCUT2D eigenvalue weighted by molar-refractivity contribution is -0.136. The Morgan fingerprint density at radius 2 is 1.76 bits per heavy atom. The lowest BCUT2D eigenvalue weighted by atomic mass is 9.98. The van der Waals surface area contributed by atoms with E-state index in [2.05, 4.69) is 16.0 Å². The number of nitrogens with one attached hydrogen (secondary N) is 3. The van der Waals surface area contributed by atoms with Crippen molar-refractivity contribution in [1.82, 2.24) is 20.9 Å². The Labute approximate surface area is 168 Å². The average molecular weight is 396 g/mol. The van der Waals surface area contributed by atoms with Crippen LogP contribution in [0.5, 0.6) is 0 Å².